The molecule has 2 aromatic carbocycles. The Labute approximate surface area is 148 Å². The quantitative estimate of drug-likeness (QED) is 0.865. The lowest BCUT2D eigenvalue weighted by Crippen LogP contribution is -2.30. The zero-order valence-corrected chi connectivity index (χ0v) is 15.3. The van der Waals surface area contributed by atoms with E-state index in [1.165, 1.54) is 6.92 Å². The minimum Gasteiger partial charge on any atom is -0.481 e. The van der Waals surface area contributed by atoms with Gasteiger partial charge in [-0.25, -0.2) is 0 Å². The summed E-state index contributed by atoms with van der Waals surface area (Å²) in [6.07, 6.45) is -0.647. The summed E-state index contributed by atoms with van der Waals surface area (Å²) in [4.78, 5) is 23.4. The summed E-state index contributed by atoms with van der Waals surface area (Å²) in [5.74, 6) is 0.223. The first kappa shape index (κ1) is 18.5. The maximum Gasteiger partial charge on any atom is 0.265 e. The van der Waals surface area contributed by atoms with Crippen molar-refractivity contribution >= 4 is 23.2 Å². The van der Waals surface area contributed by atoms with Crippen molar-refractivity contribution in [3.63, 3.8) is 0 Å². The highest BCUT2D eigenvalue weighted by atomic mass is 16.5. The molecule has 0 heterocycles. The molecule has 1 atom stereocenters. The second kappa shape index (κ2) is 7.83. The van der Waals surface area contributed by atoms with Gasteiger partial charge in [0.25, 0.3) is 5.91 Å². The Kier molecular flexibility index (Phi) is 5.80. The van der Waals surface area contributed by atoms with Crippen LogP contribution in [0.25, 0.3) is 0 Å². The summed E-state index contributed by atoms with van der Waals surface area (Å²) in [5.41, 5.74) is 4.72. The van der Waals surface area contributed by atoms with Gasteiger partial charge in [0.05, 0.1) is 0 Å². The Bertz CT molecular complexity index is 759. The molecule has 0 aliphatic heterocycles. The van der Waals surface area contributed by atoms with E-state index in [-0.39, 0.29) is 11.8 Å². The Morgan fingerprint density at radius 2 is 1.52 bits per heavy atom. The number of ether oxygens (including phenoxy) is 1. The maximum atomic E-state index is 12.4. The van der Waals surface area contributed by atoms with Crippen molar-refractivity contribution in [2.75, 3.05) is 10.6 Å². The van der Waals surface area contributed by atoms with E-state index in [1.54, 1.807) is 31.2 Å². The first-order valence-corrected chi connectivity index (χ1v) is 8.19. The molecule has 0 fully saturated rings. The highest BCUT2D eigenvalue weighted by Gasteiger charge is 2.17. The van der Waals surface area contributed by atoms with Crippen molar-refractivity contribution in [3.05, 3.63) is 53.1 Å². The van der Waals surface area contributed by atoms with E-state index in [1.807, 2.05) is 32.9 Å². The topological polar surface area (TPSA) is 67.4 Å². The summed E-state index contributed by atoms with van der Waals surface area (Å²) < 4.78 is 5.69. The standard InChI is InChI=1S/C20H24N2O3/c1-12-10-13(2)19(14(3)11-12)22-20(24)15(4)25-18-8-6-17(7-9-18)21-16(5)23/h6-11,15H,1-5H3,(H,21,23)(H,22,24). The number of amides is 2. The van der Waals surface area contributed by atoms with Gasteiger partial charge in [-0.05, 0) is 63.1 Å². The smallest absolute Gasteiger partial charge is 0.265 e. The summed E-state index contributed by atoms with van der Waals surface area (Å²) in [6.45, 7) is 9.13. The minimum atomic E-state index is -0.647. The van der Waals surface area contributed by atoms with Crippen LogP contribution in [0.5, 0.6) is 5.75 Å². The normalized spacial score (nSPS) is 11.6. The SMILES string of the molecule is CC(=O)Nc1ccc(OC(C)C(=O)Nc2c(C)cc(C)cc2C)cc1. The highest BCUT2D eigenvalue weighted by Crippen LogP contribution is 2.23. The molecule has 0 spiro atoms. The van der Waals surface area contributed by atoms with Crippen LogP contribution < -0.4 is 15.4 Å². The van der Waals surface area contributed by atoms with Crippen molar-refractivity contribution in [2.24, 2.45) is 0 Å². The zero-order valence-electron chi connectivity index (χ0n) is 15.3. The first-order valence-electron chi connectivity index (χ1n) is 8.19. The van der Waals surface area contributed by atoms with Gasteiger partial charge in [0, 0.05) is 18.3 Å². The number of rotatable bonds is 5. The molecule has 0 radical (unpaired) electrons. The van der Waals surface area contributed by atoms with Crippen molar-refractivity contribution < 1.29 is 14.3 Å². The van der Waals surface area contributed by atoms with Crippen molar-refractivity contribution in [1.29, 1.82) is 0 Å². The van der Waals surface area contributed by atoms with Crippen LogP contribution in [-0.2, 0) is 9.59 Å². The molecule has 2 N–H and O–H groups in total. The first-order chi connectivity index (χ1) is 11.8. The summed E-state index contributed by atoms with van der Waals surface area (Å²) in [7, 11) is 0. The molecule has 0 saturated heterocycles. The van der Waals surface area contributed by atoms with E-state index in [0.29, 0.717) is 11.4 Å². The van der Waals surface area contributed by atoms with E-state index in [2.05, 4.69) is 10.6 Å². The molecule has 0 bridgehead atoms. The molecule has 0 saturated carbocycles. The third kappa shape index (κ3) is 5.08. The van der Waals surface area contributed by atoms with Crippen molar-refractivity contribution in [3.8, 4) is 5.75 Å². The van der Waals surface area contributed by atoms with Gasteiger partial charge in [-0.2, -0.15) is 0 Å². The number of anilines is 2. The van der Waals surface area contributed by atoms with Gasteiger partial charge >= 0.3 is 0 Å². The fourth-order valence-corrected chi connectivity index (χ4v) is 2.68. The summed E-state index contributed by atoms with van der Waals surface area (Å²) >= 11 is 0. The molecule has 2 rings (SSSR count). The molecule has 1 unspecified atom stereocenters. The lowest BCUT2D eigenvalue weighted by molar-refractivity contribution is -0.122. The molecule has 2 amide bonds. The second-order valence-corrected chi connectivity index (χ2v) is 6.23. The van der Waals surface area contributed by atoms with E-state index in [4.69, 9.17) is 4.74 Å². The van der Waals surface area contributed by atoms with Crippen LogP contribution in [0, 0.1) is 20.8 Å². The molecule has 25 heavy (non-hydrogen) atoms. The van der Waals surface area contributed by atoms with Gasteiger partial charge in [0.15, 0.2) is 6.10 Å². The largest absolute Gasteiger partial charge is 0.481 e. The van der Waals surface area contributed by atoms with Gasteiger partial charge in [0.1, 0.15) is 5.75 Å². The Morgan fingerprint density at radius 3 is 2.04 bits per heavy atom. The number of nitrogens with one attached hydrogen (secondary N) is 2. The third-order valence-electron chi connectivity index (χ3n) is 3.78. The van der Waals surface area contributed by atoms with Gasteiger partial charge in [-0.1, -0.05) is 17.7 Å². The molecule has 2 aromatic rings. The molecule has 5 nitrogen and oxygen atoms in total. The van der Waals surface area contributed by atoms with Crippen LogP contribution in [0.3, 0.4) is 0 Å². The Balaban J connectivity index is 2.02. The number of aryl methyl sites for hydroxylation is 3. The van der Waals surface area contributed by atoms with E-state index in [9.17, 15) is 9.59 Å². The van der Waals surface area contributed by atoms with Crippen LogP contribution in [-0.4, -0.2) is 17.9 Å². The van der Waals surface area contributed by atoms with Crippen LogP contribution in [0.2, 0.25) is 0 Å². The average molecular weight is 340 g/mol. The third-order valence-corrected chi connectivity index (χ3v) is 3.78. The minimum absolute atomic E-state index is 0.134. The highest BCUT2D eigenvalue weighted by molar-refractivity contribution is 5.95. The maximum absolute atomic E-state index is 12.4. The average Bonchev–Trinajstić information content (AvgIpc) is 2.52. The Hall–Kier alpha value is -2.82. The van der Waals surface area contributed by atoms with Crippen molar-refractivity contribution in [1.82, 2.24) is 0 Å². The van der Waals surface area contributed by atoms with Gasteiger partial charge in [-0.3, -0.25) is 9.59 Å². The number of carbonyl (C=O) groups is 2. The van der Waals surface area contributed by atoms with Crippen LogP contribution in [0.15, 0.2) is 36.4 Å². The summed E-state index contributed by atoms with van der Waals surface area (Å²) in [5, 5.41) is 5.63. The van der Waals surface area contributed by atoms with Crippen molar-refractivity contribution in [2.45, 2.75) is 40.7 Å². The lowest BCUT2D eigenvalue weighted by Gasteiger charge is -2.18. The molecular formula is C20H24N2O3. The molecule has 5 heteroatoms. The van der Waals surface area contributed by atoms with Crippen LogP contribution >= 0.6 is 0 Å². The van der Waals surface area contributed by atoms with Crippen LogP contribution in [0.4, 0.5) is 11.4 Å². The second-order valence-electron chi connectivity index (χ2n) is 6.23. The van der Waals surface area contributed by atoms with Gasteiger partial charge in [0.2, 0.25) is 5.91 Å². The summed E-state index contributed by atoms with van der Waals surface area (Å²) in [6, 6.07) is 11.0. The van der Waals surface area contributed by atoms with E-state index < -0.39 is 6.10 Å². The molecule has 132 valence electrons. The van der Waals surface area contributed by atoms with Gasteiger partial charge in [-0.15, -0.1) is 0 Å². The number of benzene rings is 2. The zero-order chi connectivity index (χ0) is 18.6. The molecule has 0 aliphatic carbocycles. The van der Waals surface area contributed by atoms with Gasteiger partial charge < -0.3 is 15.4 Å². The monoisotopic (exact) mass is 340 g/mol. The van der Waals surface area contributed by atoms with E-state index in [0.717, 1.165) is 22.4 Å². The predicted octanol–water partition coefficient (Wildman–Crippen LogP) is 3.98. The molecular weight excluding hydrogens is 316 g/mol. The molecule has 0 aliphatic rings. The fraction of sp³-hybridized carbons (Fsp3) is 0.300. The lowest BCUT2D eigenvalue weighted by atomic mass is 10.0. The van der Waals surface area contributed by atoms with E-state index >= 15 is 0 Å². The fourth-order valence-electron chi connectivity index (χ4n) is 2.68. The number of carbonyl (C=O) groups excluding carboxylic acids is 2. The number of hydrogen-bond donors (Lipinski definition) is 2. The Morgan fingerprint density at radius 1 is 0.960 bits per heavy atom. The molecule has 0 aromatic heterocycles. The predicted molar refractivity (Wildman–Crippen MR) is 100 cm³/mol. The van der Waals surface area contributed by atoms with Crippen LogP contribution in [0.1, 0.15) is 30.5 Å². The number of hydrogen-bond acceptors (Lipinski definition) is 3.